The van der Waals surface area contributed by atoms with E-state index in [9.17, 15) is 0 Å². The van der Waals surface area contributed by atoms with Gasteiger partial charge >= 0.3 is 0 Å². The van der Waals surface area contributed by atoms with Gasteiger partial charge in [-0.15, -0.1) is 0 Å². The van der Waals surface area contributed by atoms with Crippen molar-refractivity contribution >= 4 is 0 Å². The Balaban J connectivity index is 1.84. The molecule has 0 aromatic rings. The summed E-state index contributed by atoms with van der Waals surface area (Å²) in [5.74, 6) is 1.85. The van der Waals surface area contributed by atoms with Crippen molar-refractivity contribution in [1.29, 1.82) is 0 Å². The van der Waals surface area contributed by atoms with Gasteiger partial charge in [0.2, 0.25) is 0 Å². The van der Waals surface area contributed by atoms with Crippen LogP contribution >= 0.6 is 0 Å². The smallest absolute Gasteiger partial charge is 0.0704 e. The highest BCUT2D eigenvalue weighted by Gasteiger charge is 2.41. The summed E-state index contributed by atoms with van der Waals surface area (Å²) in [5, 5.41) is 0. The Kier molecular flexibility index (Phi) is 2.16. The van der Waals surface area contributed by atoms with E-state index in [0.717, 1.165) is 18.4 Å². The molecule has 0 N–H and O–H groups in total. The van der Waals surface area contributed by atoms with Crippen molar-refractivity contribution in [2.45, 2.75) is 51.6 Å². The van der Waals surface area contributed by atoms with E-state index < -0.39 is 0 Å². The first-order valence-corrected chi connectivity index (χ1v) is 5.36. The summed E-state index contributed by atoms with van der Waals surface area (Å²) in [6.45, 7) is 5.72. The molecule has 2 rings (SSSR count). The van der Waals surface area contributed by atoms with E-state index in [1.54, 1.807) is 0 Å². The topological polar surface area (TPSA) is 9.23 Å². The quantitative estimate of drug-likeness (QED) is 0.585. The van der Waals surface area contributed by atoms with Crippen molar-refractivity contribution in [3.63, 3.8) is 0 Å². The number of hydrogen-bond donors (Lipinski definition) is 0. The van der Waals surface area contributed by atoms with Crippen molar-refractivity contribution in [3.05, 3.63) is 0 Å². The van der Waals surface area contributed by atoms with Crippen LogP contribution in [0.4, 0.5) is 0 Å². The molecule has 2 aliphatic rings. The molecule has 0 bridgehead atoms. The summed E-state index contributed by atoms with van der Waals surface area (Å²) in [5.41, 5.74) is 0.366. The van der Waals surface area contributed by atoms with Gasteiger partial charge in [0.15, 0.2) is 0 Å². The molecule has 1 nitrogen and oxygen atoms in total. The van der Waals surface area contributed by atoms with Crippen LogP contribution in [0.15, 0.2) is 0 Å². The van der Waals surface area contributed by atoms with E-state index >= 15 is 0 Å². The van der Waals surface area contributed by atoms with Gasteiger partial charge in [0, 0.05) is 0 Å². The molecule has 70 valence electrons. The fourth-order valence-corrected chi connectivity index (χ4v) is 2.62. The van der Waals surface area contributed by atoms with Crippen LogP contribution in [-0.2, 0) is 4.74 Å². The fraction of sp³-hybridized carbons (Fsp3) is 1.00. The monoisotopic (exact) mass is 168 g/mol. The molecule has 0 radical (unpaired) electrons. The van der Waals surface area contributed by atoms with Crippen molar-refractivity contribution < 1.29 is 4.74 Å². The van der Waals surface area contributed by atoms with Gasteiger partial charge in [-0.2, -0.15) is 0 Å². The predicted molar refractivity (Wildman–Crippen MR) is 50.1 cm³/mol. The zero-order valence-corrected chi connectivity index (χ0v) is 8.31. The van der Waals surface area contributed by atoms with Crippen LogP contribution in [0, 0.1) is 11.8 Å². The van der Waals surface area contributed by atoms with Crippen molar-refractivity contribution in [2.24, 2.45) is 11.8 Å². The van der Waals surface area contributed by atoms with Crippen LogP contribution in [0.1, 0.15) is 46.0 Å². The second-order valence-corrected chi connectivity index (χ2v) is 4.86. The Morgan fingerprint density at radius 1 is 1.17 bits per heavy atom. The molecule has 0 aromatic heterocycles. The Morgan fingerprint density at radius 2 is 1.75 bits per heavy atom. The van der Waals surface area contributed by atoms with E-state index in [1.807, 2.05) is 0 Å². The lowest BCUT2D eigenvalue weighted by molar-refractivity contribution is -0.171. The van der Waals surface area contributed by atoms with Crippen molar-refractivity contribution in [1.82, 2.24) is 0 Å². The first-order chi connectivity index (χ1) is 5.72. The van der Waals surface area contributed by atoms with Gasteiger partial charge in [-0.3, -0.25) is 0 Å². The van der Waals surface area contributed by atoms with Crippen molar-refractivity contribution in [2.75, 3.05) is 6.61 Å². The molecule has 1 heterocycles. The van der Waals surface area contributed by atoms with Gasteiger partial charge in [0.05, 0.1) is 12.2 Å². The molecule has 1 saturated heterocycles. The van der Waals surface area contributed by atoms with Crippen molar-refractivity contribution in [3.8, 4) is 0 Å². The first kappa shape index (κ1) is 8.55. The predicted octanol–water partition coefficient (Wildman–Crippen LogP) is 2.99. The van der Waals surface area contributed by atoms with E-state index in [-0.39, 0.29) is 0 Å². The number of rotatable bonds is 1. The van der Waals surface area contributed by atoms with E-state index in [2.05, 4.69) is 13.8 Å². The van der Waals surface area contributed by atoms with E-state index in [0.29, 0.717) is 5.60 Å². The van der Waals surface area contributed by atoms with Gasteiger partial charge in [-0.05, 0) is 43.9 Å². The second-order valence-electron chi connectivity index (χ2n) is 4.86. The first-order valence-electron chi connectivity index (χ1n) is 5.36. The Labute approximate surface area is 75.5 Å². The minimum atomic E-state index is 0.366. The molecule has 0 amide bonds. The minimum Gasteiger partial charge on any atom is -0.375 e. The molecule has 0 aromatic carbocycles. The number of ether oxygens (including phenoxy) is 1. The number of hydrogen-bond acceptors (Lipinski definition) is 1. The summed E-state index contributed by atoms with van der Waals surface area (Å²) < 4.78 is 5.69. The van der Waals surface area contributed by atoms with Gasteiger partial charge < -0.3 is 4.74 Å². The van der Waals surface area contributed by atoms with Gasteiger partial charge in [-0.25, -0.2) is 0 Å². The Bertz CT molecular complexity index is 148. The van der Waals surface area contributed by atoms with Gasteiger partial charge in [-0.1, -0.05) is 13.8 Å². The summed E-state index contributed by atoms with van der Waals surface area (Å²) in [6.07, 6.45) is 6.79. The third kappa shape index (κ3) is 1.39. The van der Waals surface area contributed by atoms with Crippen LogP contribution in [0.25, 0.3) is 0 Å². The summed E-state index contributed by atoms with van der Waals surface area (Å²) in [4.78, 5) is 0. The van der Waals surface area contributed by atoms with E-state index in [4.69, 9.17) is 4.74 Å². The van der Waals surface area contributed by atoms with Crippen LogP contribution < -0.4 is 0 Å². The van der Waals surface area contributed by atoms with E-state index in [1.165, 1.54) is 32.1 Å². The lowest BCUT2D eigenvalue weighted by Crippen LogP contribution is -2.46. The van der Waals surface area contributed by atoms with Crippen LogP contribution in [0.3, 0.4) is 0 Å². The minimum absolute atomic E-state index is 0.366. The average molecular weight is 168 g/mol. The molecule has 12 heavy (non-hydrogen) atoms. The molecule has 0 atom stereocenters. The zero-order chi connectivity index (χ0) is 8.60. The summed E-state index contributed by atoms with van der Waals surface area (Å²) in [6, 6.07) is 0. The zero-order valence-electron chi connectivity index (χ0n) is 8.31. The van der Waals surface area contributed by atoms with Crippen LogP contribution in [-0.4, -0.2) is 12.2 Å². The third-order valence-corrected chi connectivity index (χ3v) is 3.85. The fourth-order valence-electron chi connectivity index (χ4n) is 2.62. The Morgan fingerprint density at radius 3 is 2.08 bits per heavy atom. The maximum atomic E-state index is 5.69. The third-order valence-electron chi connectivity index (χ3n) is 3.85. The molecule has 2 fully saturated rings. The van der Waals surface area contributed by atoms with Gasteiger partial charge in [0.1, 0.15) is 0 Å². The van der Waals surface area contributed by atoms with Gasteiger partial charge in [0.25, 0.3) is 0 Å². The standard InChI is InChI=1S/C11H20O/c1-9(2)10-3-5-11(6-4-10)7-8-12-11/h9-10H,3-8H2,1-2H3/t10-,11-. The molecule has 1 saturated carbocycles. The summed E-state index contributed by atoms with van der Waals surface area (Å²) >= 11 is 0. The average Bonchev–Trinajstić information content (AvgIpc) is 2.02. The molecular weight excluding hydrogens is 148 g/mol. The lowest BCUT2D eigenvalue weighted by Gasteiger charge is -2.47. The maximum absolute atomic E-state index is 5.69. The molecule has 1 heteroatoms. The molecule has 1 aliphatic heterocycles. The molecule has 0 unspecified atom stereocenters. The Hall–Kier alpha value is -0.0400. The molecular formula is C11H20O. The SMILES string of the molecule is CC(C)[C@H]1CC[C@@]2(CCO2)CC1. The summed E-state index contributed by atoms with van der Waals surface area (Å²) in [7, 11) is 0. The highest BCUT2D eigenvalue weighted by atomic mass is 16.5. The maximum Gasteiger partial charge on any atom is 0.0704 e. The molecule has 1 aliphatic carbocycles. The largest absolute Gasteiger partial charge is 0.375 e. The molecule has 1 spiro atoms. The second kappa shape index (κ2) is 3.02. The highest BCUT2D eigenvalue weighted by molar-refractivity contribution is 4.92. The highest BCUT2D eigenvalue weighted by Crippen LogP contribution is 2.44. The van der Waals surface area contributed by atoms with Crippen LogP contribution in [0.5, 0.6) is 0 Å². The lowest BCUT2D eigenvalue weighted by atomic mass is 9.72. The van der Waals surface area contributed by atoms with Crippen LogP contribution in [0.2, 0.25) is 0 Å². The normalized spacial score (nSPS) is 41.8.